The van der Waals surface area contributed by atoms with E-state index in [1.54, 1.807) is 6.20 Å². The summed E-state index contributed by atoms with van der Waals surface area (Å²) in [5.41, 5.74) is 34.6. The van der Waals surface area contributed by atoms with Crippen LogP contribution in [0.3, 0.4) is 0 Å². The molecule has 0 atom stereocenters. The lowest BCUT2D eigenvalue weighted by molar-refractivity contribution is -0.677. The summed E-state index contributed by atoms with van der Waals surface area (Å²) in [6.45, 7) is 49.4. The average Bonchev–Trinajstić information content (AvgIpc) is 1.55. The third-order valence-corrected chi connectivity index (χ3v) is 27.0. The van der Waals surface area contributed by atoms with Crippen LogP contribution in [0.4, 0.5) is 0 Å². The molecule has 0 aliphatic heterocycles. The van der Waals surface area contributed by atoms with Gasteiger partial charge in [-0.15, -0.1) is 0 Å². The zero-order valence-electron chi connectivity index (χ0n) is 85.0. The third-order valence-electron chi connectivity index (χ3n) is 27.0. The van der Waals surface area contributed by atoms with E-state index in [0.29, 0.717) is 5.82 Å². The van der Waals surface area contributed by atoms with Crippen molar-refractivity contribution < 1.29 is 22.4 Å². The first kappa shape index (κ1) is 86.8. The molecule has 0 radical (unpaired) electrons. The molecule has 0 amide bonds. The molecule has 0 fully saturated rings. The first-order chi connectivity index (χ1) is 64.7. The number of imidazole rings is 4. The minimum absolute atomic E-state index is 0.0257. The van der Waals surface area contributed by atoms with E-state index in [4.69, 9.17) is 4.11 Å². The van der Waals surface area contributed by atoms with Crippen molar-refractivity contribution in [2.75, 3.05) is 0 Å². The van der Waals surface area contributed by atoms with Crippen LogP contribution in [0.5, 0.6) is 0 Å². The summed E-state index contributed by atoms with van der Waals surface area (Å²) in [5, 5.41) is 4.98. The van der Waals surface area contributed by atoms with Gasteiger partial charge in [0.2, 0.25) is 0 Å². The Bertz CT molecular complexity index is 7560. The number of para-hydroxylation sites is 9. The van der Waals surface area contributed by atoms with Gasteiger partial charge in [-0.05, 0) is 195 Å². The third kappa shape index (κ3) is 17.1. The average molecular weight is 1750 g/mol. The maximum absolute atomic E-state index is 7.57. The van der Waals surface area contributed by atoms with Crippen LogP contribution in [-0.2, 0) is 34.1 Å². The van der Waals surface area contributed by atoms with Gasteiger partial charge in [0.1, 0.15) is 71.3 Å². The number of benzene rings is 14. The first-order valence-corrected chi connectivity index (χ1v) is 46.9. The number of hydrogen-bond donors (Lipinski definition) is 0. The van der Waals surface area contributed by atoms with Crippen molar-refractivity contribution >= 4 is 54.6 Å². The molecular weight excluding hydrogens is 1620 g/mol. The van der Waals surface area contributed by atoms with Crippen LogP contribution in [0, 0.1) is 55.4 Å². The first-order valence-electron chi connectivity index (χ1n) is 48.4. The van der Waals surface area contributed by atoms with Crippen LogP contribution >= 0.6 is 0 Å². The molecule has 10 nitrogen and oxygen atoms in total. The Kier molecular flexibility index (Phi) is 23.4. The molecule has 0 N–H and O–H groups in total. The standard InChI is InChI=1S/C53H49N4.C33H33N2.C21H25N2.C16H23N2/c1-34-41(53(6,7)8)32-36(52(3,4)5)33-50(34)54-35(2)55(47-29-18-17-28-46(47)54)51-48(56-42-24-13-9-20-37(42)38-21-10-14-25-43(38)56)30-19-31-49(51)57-44-26-15-11-22-39(44)40-23-12-16-27-45(40)57;1-24-30(33(3,4)5)20-13-21-31(24)34-22-23-35(25(34)2)32-28(26-14-8-6-9-15-26)18-12-19-29(32)27-16-10-7-11-17-27;1-16-19(21(3,4)5)12-9-13-20(16)23-15-14-22(17(23)2)18-10-7-6-8-11-18;1-12-14(16(3,4)5)8-7-9-15(12)18-11-10-17(6)13(18)2/h9-33H,1-8H3;6-23H,1-5H3;6-15H,1-5H3;7-11H,1-6H3/q4*+1/i;;;6D3. The quantitative estimate of drug-likeness (QED) is 0.116. The topological polar surface area (TPSA) is 45.1 Å². The maximum atomic E-state index is 7.57. The number of aromatic nitrogens is 10. The normalized spacial score (nSPS) is 12.5. The number of aryl methyl sites for hydroxylation is 1. The molecule has 0 saturated heterocycles. The highest BCUT2D eigenvalue weighted by Gasteiger charge is 2.36. The Morgan fingerprint density at radius 2 is 0.632 bits per heavy atom. The highest BCUT2D eigenvalue weighted by atomic mass is 15.2. The van der Waals surface area contributed by atoms with Gasteiger partial charge in [0.15, 0.2) is 16.7 Å². The van der Waals surface area contributed by atoms with Crippen LogP contribution in [0.2, 0.25) is 0 Å². The molecule has 20 rings (SSSR count). The van der Waals surface area contributed by atoms with Gasteiger partial charge in [0.05, 0.1) is 44.5 Å². The SMILES string of the molecule is Cc1c(-[n+]2ccn(-c3ccccc3)c2C)cccc1C(C)(C)C.Cc1c(-n2c(C)[n+](-c3c(-n4c5ccccc5c5ccccc54)cccc3-n3c4ccccc4c4ccccc43)c3ccccc32)cc(C(C)(C)C)cc1C(C)(C)C.Cc1c(-n2cc[n+](-c3c(-c4ccccc4)cccc3-c3ccccc3)c2C)cccc1C(C)(C)C.[2H]C([2H])([2H])[n+]1ccn(-c2cccc(C(C)(C)C)c2C)c1C. The molecule has 0 spiro atoms. The van der Waals surface area contributed by atoms with Crippen molar-refractivity contribution in [3.05, 3.63) is 426 Å². The van der Waals surface area contributed by atoms with Crippen molar-refractivity contribution in [2.45, 2.75) is 186 Å². The number of nitrogens with zero attached hydrogens (tertiary/aromatic N) is 10. The van der Waals surface area contributed by atoms with E-state index in [1.807, 2.05) is 35.9 Å². The second kappa shape index (κ2) is 35.8. The Morgan fingerprint density at radius 1 is 0.263 bits per heavy atom. The van der Waals surface area contributed by atoms with Gasteiger partial charge in [-0.25, -0.2) is 4.57 Å². The lowest BCUT2D eigenvalue weighted by Gasteiger charge is -2.28. The van der Waals surface area contributed by atoms with E-state index < -0.39 is 6.98 Å². The predicted octanol–water partition coefficient (Wildman–Crippen LogP) is 29.2. The predicted molar refractivity (Wildman–Crippen MR) is 557 cm³/mol. The summed E-state index contributed by atoms with van der Waals surface area (Å²) < 4.78 is 45.2. The van der Waals surface area contributed by atoms with E-state index in [9.17, 15) is 0 Å². The van der Waals surface area contributed by atoms with Crippen molar-refractivity contribution in [3.8, 4) is 73.4 Å². The molecule has 0 bridgehead atoms. The minimum atomic E-state index is -2.15. The molecule has 0 aliphatic carbocycles. The Balaban J connectivity index is 0.000000138. The van der Waals surface area contributed by atoms with Crippen molar-refractivity contribution in [1.82, 2.24) is 27.4 Å². The van der Waals surface area contributed by atoms with E-state index >= 15 is 0 Å². The molecule has 10 heteroatoms. The lowest BCUT2D eigenvalue weighted by Crippen LogP contribution is -2.36. The highest BCUT2D eigenvalue weighted by molar-refractivity contribution is 6.11. The summed E-state index contributed by atoms with van der Waals surface area (Å²) in [7, 11) is 0. The van der Waals surface area contributed by atoms with Gasteiger partial charge in [0, 0.05) is 65.9 Å². The van der Waals surface area contributed by atoms with Gasteiger partial charge < -0.3 is 9.13 Å². The molecule has 0 aliphatic rings. The number of fused-ring (bicyclic) bond motifs is 7. The Labute approximate surface area is 792 Å². The summed E-state index contributed by atoms with van der Waals surface area (Å²) in [6.07, 6.45) is 12.1. The molecular formula is C123H130N10+4. The Hall–Kier alpha value is -14.2. The smallest absolute Gasteiger partial charge is 0.264 e. The summed E-state index contributed by atoms with van der Waals surface area (Å²) >= 11 is 0. The lowest BCUT2D eigenvalue weighted by atomic mass is 9.78. The number of hydrogen-bond acceptors (Lipinski definition) is 0. The monoisotopic (exact) mass is 1750 g/mol. The molecule has 6 aromatic heterocycles. The summed E-state index contributed by atoms with van der Waals surface area (Å²) in [5.74, 6) is 4.20. The zero-order chi connectivity index (χ0) is 96.6. The van der Waals surface area contributed by atoms with Crippen LogP contribution in [-0.4, -0.2) is 27.4 Å². The van der Waals surface area contributed by atoms with Crippen molar-refractivity contribution in [1.29, 1.82) is 0 Å². The fourth-order valence-electron chi connectivity index (χ4n) is 20.3. The molecule has 20 aromatic rings. The molecule has 133 heavy (non-hydrogen) atoms. The van der Waals surface area contributed by atoms with Gasteiger partial charge >= 0.3 is 0 Å². The summed E-state index contributed by atoms with van der Waals surface area (Å²) in [4.78, 5) is 0. The molecule has 668 valence electrons. The van der Waals surface area contributed by atoms with Crippen LogP contribution in [0.15, 0.2) is 353 Å². The van der Waals surface area contributed by atoms with Gasteiger partial charge in [0.25, 0.3) is 23.3 Å². The van der Waals surface area contributed by atoms with Crippen molar-refractivity contribution in [2.24, 2.45) is 6.98 Å². The fraction of sp³-hybridized carbons (Fsp3) is 0.236. The Morgan fingerprint density at radius 3 is 1.09 bits per heavy atom. The van der Waals surface area contributed by atoms with Crippen LogP contribution in [0.1, 0.15) is 181 Å². The number of rotatable bonds is 11. The van der Waals surface area contributed by atoms with Gasteiger partial charge in [-0.1, -0.05) is 334 Å². The maximum Gasteiger partial charge on any atom is 0.264 e. The van der Waals surface area contributed by atoms with Gasteiger partial charge in [-0.3, -0.25) is 0 Å². The fourth-order valence-corrected chi connectivity index (χ4v) is 20.3. The second-order valence-corrected chi connectivity index (χ2v) is 40.9. The molecule has 0 saturated carbocycles. The van der Waals surface area contributed by atoms with Gasteiger partial charge in [-0.2, -0.15) is 32.0 Å². The van der Waals surface area contributed by atoms with Crippen LogP contribution in [0.25, 0.3) is 128 Å². The molecule has 0 unspecified atom stereocenters. The summed E-state index contributed by atoms with van der Waals surface area (Å²) in [6, 6.07) is 114. The molecule has 14 aromatic carbocycles. The van der Waals surface area contributed by atoms with Crippen LogP contribution < -0.4 is 18.3 Å². The van der Waals surface area contributed by atoms with E-state index in [1.165, 1.54) is 166 Å². The highest BCUT2D eigenvalue weighted by Crippen LogP contribution is 2.44. The van der Waals surface area contributed by atoms with Crippen molar-refractivity contribution in [3.63, 3.8) is 0 Å². The largest absolute Gasteiger partial charge is 0.305 e. The van der Waals surface area contributed by atoms with E-state index in [-0.39, 0.29) is 27.1 Å². The second-order valence-electron chi connectivity index (χ2n) is 40.9. The minimum Gasteiger partial charge on any atom is -0.305 e. The zero-order valence-corrected chi connectivity index (χ0v) is 82.0. The molecule has 6 heterocycles. The van der Waals surface area contributed by atoms with E-state index in [0.717, 1.165) is 34.1 Å². The van der Waals surface area contributed by atoms with E-state index in [2.05, 4.69) is 511 Å².